The normalized spacial score (nSPS) is 33.2. The number of amides is 1. The topological polar surface area (TPSA) is 59.1 Å². The number of rotatable bonds is 3. The van der Waals surface area contributed by atoms with Gasteiger partial charge in [0, 0.05) is 30.8 Å². The van der Waals surface area contributed by atoms with E-state index < -0.39 is 5.41 Å². The van der Waals surface area contributed by atoms with E-state index in [0.29, 0.717) is 13.0 Å². The Hall–Kier alpha value is -1.71. The van der Waals surface area contributed by atoms with E-state index in [-0.39, 0.29) is 22.5 Å². The number of hydrogen-bond donors (Lipinski definition) is 1. The van der Waals surface area contributed by atoms with Crippen molar-refractivity contribution in [2.45, 2.75) is 46.6 Å². The van der Waals surface area contributed by atoms with Crippen LogP contribution < -0.4 is 5.32 Å². The second-order valence-electron chi connectivity index (χ2n) is 7.18. The van der Waals surface area contributed by atoms with Crippen LogP contribution in [-0.2, 0) is 16.1 Å². The molecule has 4 nitrogen and oxygen atoms in total. The molecule has 1 amide bonds. The molecule has 1 N–H and O–H groups in total. The number of aromatic nitrogens is 1. The molecule has 1 aromatic heterocycles. The first-order valence-corrected chi connectivity index (χ1v) is 7.54. The van der Waals surface area contributed by atoms with Crippen molar-refractivity contribution in [1.82, 2.24) is 10.3 Å². The molecule has 2 atom stereocenters. The Bertz CT molecular complexity index is 596. The number of pyridine rings is 1. The third-order valence-electron chi connectivity index (χ3n) is 6.32. The molecule has 0 unspecified atom stereocenters. The smallest absolute Gasteiger partial charge is 0.227 e. The minimum absolute atomic E-state index is 0.0194. The minimum Gasteiger partial charge on any atom is -0.351 e. The molecule has 0 spiro atoms. The summed E-state index contributed by atoms with van der Waals surface area (Å²) in [7, 11) is 0. The molecular weight excluding hydrogens is 264 g/mol. The fourth-order valence-electron chi connectivity index (χ4n) is 4.21. The number of nitrogens with one attached hydrogen (secondary N) is 1. The van der Waals surface area contributed by atoms with Crippen LogP contribution in [0.2, 0.25) is 0 Å². The van der Waals surface area contributed by atoms with Crippen LogP contribution >= 0.6 is 0 Å². The quantitative estimate of drug-likeness (QED) is 0.928. The average molecular weight is 286 g/mol. The van der Waals surface area contributed by atoms with E-state index in [1.807, 2.05) is 19.1 Å². The van der Waals surface area contributed by atoms with Crippen molar-refractivity contribution in [3.63, 3.8) is 0 Å². The lowest BCUT2D eigenvalue weighted by Gasteiger charge is -2.38. The Morgan fingerprint density at radius 2 is 2.10 bits per heavy atom. The number of nitrogens with zero attached hydrogens (tertiary/aromatic N) is 1. The van der Waals surface area contributed by atoms with Crippen LogP contribution in [0.3, 0.4) is 0 Å². The maximum atomic E-state index is 12.8. The monoisotopic (exact) mass is 286 g/mol. The lowest BCUT2D eigenvalue weighted by molar-refractivity contribution is -0.136. The molecule has 2 saturated carbocycles. The van der Waals surface area contributed by atoms with Crippen LogP contribution in [0.25, 0.3) is 0 Å². The predicted molar refractivity (Wildman–Crippen MR) is 79.3 cm³/mol. The number of Topliss-reactive ketones (excluding diaryl/α,β-unsaturated/α-hetero) is 1. The molecule has 2 aliphatic carbocycles. The first-order valence-electron chi connectivity index (χ1n) is 7.54. The molecule has 21 heavy (non-hydrogen) atoms. The van der Waals surface area contributed by atoms with Crippen molar-refractivity contribution in [2.75, 3.05) is 0 Å². The predicted octanol–water partition coefficient (Wildman–Crippen LogP) is 2.48. The van der Waals surface area contributed by atoms with Crippen LogP contribution in [0.4, 0.5) is 0 Å². The van der Waals surface area contributed by atoms with Gasteiger partial charge in [0.2, 0.25) is 5.91 Å². The maximum absolute atomic E-state index is 12.8. The fraction of sp³-hybridized carbons (Fsp3) is 0.588. The molecule has 112 valence electrons. The minimum atomic E-state index is -0.541. The number of ketones is 1. The summed E-state index contributed by atoms with van der Waals surface area (Å²) >= 11 is 0. The summed E-state index contributed by atoms with van der Waals surface area (Å²) in [6.45, 7) is 6.65. The van der Waals surface area contributed by atoms with E-state index in [2.05, 4.69) is 24.1 Å². The van der Waals surface area contributed by atoms with Crippen LogP contribution in [0.15, 0.2) is 24.5 Å². The van der Waals surface area contributed by atoms with Gasteiger partial charge in [-0.1, -0.05) is 26.8 Å². The van der Waals surface area contributed by atoms with Crippen molar-refractivity contribution in [3.05, 3.63) is 30.1 Å². The van der Waals surface area contributed by atoms with Crippen LogP contribution in [0.1, 0.15) is 45.6 Å². The van der Waals surface area contributed by atoms with Crippen molar-refractivity contribution < 1.29 is 9.59 Å². The van der Waals surface area contributed by atoms with Gasteiger partial charge in [-0.2, -0.15) is 0 Å². The van der Waals surface area contributed by atoms with Gasteiger partial charge in [-0.05, 0) is 29.9 Å². The van der Waals surface area contributed by atoms with Crippen LogP contribution in [0, 0.1) is 16.2 Å². The molecule has 0 radical (unpaired) electrons. The van der Waals surface area contributed by atoms with Gasteiger partial charge >= 0.3 is 0 Å². The Kier molecular flexibility index (Phi) is 2.98. The summed E-state index contributed by atoms with van der Waals surface area (Å²) in [6, 6.07) is 3.80. The van der Waals surface area contributed by atoms with Crippen molar-refractivity contribution in [1.29, 1.82) is 0 Å². The maximum Gasteiger partial charge on any atom is 0.227 e. The van der Waals surface area contributed by atoms with E-state index in [4.69, 9.17) is 0 Å². The molecule has 0 aliphatic heterocycles. The van der Waals surface area contributed by atoms with E-state index in [1.165, 1.54) is 0 Å². The molecule has 2 bridgehead atoms. The van der Waals surface area contributed by atoms with Crippen molar-refractivity contribution in [2.24, 2.45) is 16.2 Å². The number of hydrogen-bond acceptors (Lipinski definition) is 3. The third kappa shape index (κ3) is 1.71. The number of carbonyl (C=O) groups is 2. The van der Waals surface area contributed by atoms with E-state index in [9.17, 15) is 9.59 Å². The van der Waals surface area contributed by atoms with Gasteiger partial charge in [-0.15, -0.1) is 0 Å². The summed E-state index contributed by atoms with van der Waals surface area (Å²) in [5, 5.41) is 3.02. The number of fused-ring (bicyclic) bond motifs is 2. The first-order chi connectivity index (χ1) is 9.83. The summed E-state index contributed by atoms with van der Waals surface area (Å²) in [4.78, 5) is 29.2. The third-order valence-corrected chi connectivity index (χ3v) is 6.32. The van der Waals surface area contributed by atoms with Gasteiger partial charge in [0.05, 0.1) is 5.41 Å². The number of carbonyl (C=O) groups excluding carboxylic acids is 2. The van der Waals surface area contributed by atoms with Crippen molar-refractivity contribution >= 4 is 11.7 Å². The zero-order valence-electron chi connectivity index (χ0n) is 12.9. The Morgan fingerprint density at radius 1 is 1.33 bits per heavy atom. The summed E-state index contributed by atoms with van der Waals surface area (Å²) < 4.78 is 0. The Labute approximate surface area is 125 Å². The molecule has 0 aromatic carbocycles. The van der Waals surface area contributed by atoms with Crippen LogP contribution in [0.5, 0.6) is 0 Å². The standard InChI is InChI=1S/C17H22N2O2/c1-15(2)16(3)6-7-17(15,9-13(16)20)14(21)19-11-12-5-4-8-18-10-12/h4-5,8,10H,6-7,9,11H2,1-3H3,(H,19,21)/t16-,17-/m0/s1. The Balaban J connectivity index is 1.80. The molecule has 1 heterocycles. The molecule has 3 rings (SSSR count). The highest BCUT2D eigenvalue weighted by molar-refractivity contribution is 5.99. The Morgan fingerprint density at radius 3 is 2.62 bits per heavy atom. The lowest BCUT2D eigenvalue weighted by atomic mass is 9.64. The van der Waals surface area contributed by atoms with Gasteiger partial charge in [-0.3, -0.25) is 14.6 Å². The molecule has 2 aliphatic rings. The molecule has 0 saturated heterocycles. The lowest BCUT2D eigenvalue weighted by Crippen LogP contribution is -2.46. The average Bonchev–Trinajstić information content (AvgIpc) is 2.76. The molecule has 1 aromatic rings. The van der Waals surface area contributed by atoms with E-state index >= 15 is 0 Å². The molecule has 2 fully saturated rings. The summed E-state index contributed by atoms with van der Waals surface area (Å²) in [6.07, 6.45) is 5.47. The fourth-order valence-corrected chi connectivity index (χ4v) is 4.21. The highest BCUT2D eigenvalue weighted by Gasteiger charge is 2.72. The zero-order chi connectivity index (χ0) is 15.3. The van der Waals surface area contributed by atoms with Crippen molar-refractivity contribution in [3.8, 4) is 0 Å². The largest absolute Gasteiger partial charge is 0.351 e. The second kappa shape index (κ2) is 4.39. The highest BCUT2D eigenvalue weighted by atomic mass is 16.2. The zero-order valence-corrected chi connectivity index (χ0v) is 12.9. The van der Waals surface area contributed by atoms with Gasteiger partial charge in [0.15, 0.2) is 0 Å². The molecular formula is C17H22N2O2. The van der Waals surface area contributed by atoms with E-state index in [1.54, 1.807) is 12.4 Å². The first kappa shape index (κ1) is 14.2. The van der Waals surface area contributed by atoms with Gasteiger partial charge in [0.25, 0.3) is 0 Å². The van der Waals surface area contributed by atoms with E-state index in [0.717, 1.165) is 18.4 Å². The van der Waals surface area contributed by atoms with Gasteiger partial charge in [0.1, 0.15) is 5.78 Å². The molecule has 4 heteroatoms. The van der Waals surface area contributed by atoms with Crippen LogP contribution in [-0.4, -0.2) is 16.7 Å². The second-order valence-corrected chi connectivity index (χ2v) is 7.18. The summed E-state index contributed by atoms with van der Waals surface area (Å²) in [5.74, 6) is 0.265. The van der Waals surface area contributed by atoms with Gasteiger partial charge in [-0.25, -0.2) is 0 Å². The summed E-state index contributed by atoms with van der Waals surface area (Å²) in [5.41, 5.74) is -0.194. The SMILES string of the molecule is CC1(C)[C@@]2(C(=O)NCc3cccnc3)CC[C@@]1(C)C(=O)C2. The van der Waals surface area contributed by atoms with Gasteiger partial charge < -0.3 is 5.32 Å². The highest BCUT2D eigenvalue weighted by Crippen LogP contribution is 2.70.